The summed E-state index contributed by atoms with van der Waals surface area (Å²) in [6.45, 7) is 6.43. The van der Waals surface area contributed by atoms with Crippen LogP contribution in [0.2, 0.25) is 0 Å². The molecule has 0 aromatic heterocycles. The Morgan fingerprint density at radius 3 is 2.62 bits per heavy atom. The van der Waals surface area contributed by atoms with Crippen molar-refractivity contribution in [3.8, 4) is 5.75 Å². The molecule has 4 heteroatoms. The molecule has 1 aromatic rings. The maximum absolute atomic E-state index is 12.0. The summed E-state index contributed by atoms with van der Waals surface area (Å²) in [5.74, 6) is 1.00. The lowest BCUT2D eigenvalue weighted by Crippen LogP contribution is -2.55. The lowest BCUT2D eigenvalue weighted by atomic mass is 9.95. The normalized spacial score (nSPS) is 17.4. The fourth-order valence-electron chi connectivity index (χ4n) is 2.46. The van der Waals surface area contributed by atoms with E-state index >= 15 is 0 Å². The lowest BCUT2D eigenvalue weighted by molar-refractivity contribution is -0.149. The number of nitrogens with two attached hydrogens (primary N) is 1. The Bertz CT molecular complexity index is 523. The molecule has 0 bridgehead atoms. The van der Waals surface area contributed by atoms with Gasteiger partial charge in [-0.15, -0.1) is 0 Å². The van der Waals surface area contributed by atoms with Gasteiger partial charge in [-0.1, -0.05) is 26.0 Å². The van der Waals surface area contributed by atoms with Gasteiger partial charge in [0.25, 0.3) is 0 Å². The van der Waals surface area contributed by atoms with Crippen molar-refractivity contribution in [2.24, 2.45) is 11.7 Å². The monoisotopic (exact) mass is 291 g/mol. The molecule has 1 atom stereocenters. The zero-order chi connectivity index (χ0) is 15.6. The molecule has 0 radical (unpaired) electrons. The first kappa shape index (κ1) is 15.8. The van der Waals surface area contributed by atoms with Gasteiger partial charge in [-0.25, -0.2) is 4.79 Å². The van der Waals surface area contributed by atoms with Crippen LogP contribution in [0, 0.1) is 12.8 Å². The second-order valence-corrected chi connectivity index (χ2v) is 6.27. The standard InChI is InChI=1S/C17H25NO3/c1-11(2)13-6-5-12(3)15(9-13)21-10-17(18,14-7-8-14)16(19)20-4/h5-6,9,11,14H,7-8,10,18H2,1-4H3. The van der Waals surface area contributed by atoms with E-state index in [1.54, 1.807) is 0 Å². The number of carbonyl (C=O) groups is 1. The van der Waals surface area contributed by atoms with E-state index in [4.69, 9.17) is 15.2 Å². The van der Waals surface area contributed by atoms with Crippen molar-refractivity contribution in [1.82, 2.24) is 0 Å². The molecule has 0 saturated heterocycles. The second-order valence-electron chi connectivity index (χ2n) is 6.27. The maximum Gasteiger partial charge on any atom is 0.329 e. The molecule has 1 fully saturated rings. The first-order valence-corrected chi connectivity index (χ1v) is 7.49. The maximum atomic E-state index is 12.0. The van der Waals surface area contributed by atoms with Gasteiger partial charge in [-0.3, -0.25) is 0 Å². The Morgan fingerprint density at radius 2 is 2.10 bits per heavy atom. The summed E-state index contributed by atoms with van der Waals surface area (Å²) in [6, 6.07) is 6.17. The fourth-order valence-corrected chi connectivity index (χ4v) is 2.46. The summed E-state index contributed by atoms with van der Waals surface area (Å²) >= 11 is 0. The van der Waals surface area contributed by atoms with E-state index in [9.17, 15) is 4.79 Å². The predicted molar refractivity (Wildman–Crippen MR) is 82.4 cm³/mol. The van der Waals surface area contributed by atoms with E-state index in [1.165, 1.54) is 12.7 Å². The number of hydrogen-bond donors (Lipinski definition) is 1. The van der Waals surface area contributed by atoms with Crippen molar-refractivity contribution in [2.75, 3.05) is 13.7 Å². The number of ether oxygens (including phenoxy) is 2. The van der Waals surface area contributed by atoms with E-state index in [1.807, 2.05) is 19.1 Å². The third-order valence-corrected chi connectivity index (χ3v) is 4.22. The van der Waals surface area contributed by atoms with Crippen LogP contribution in [-0.2, 0) is 9.53 Å². The Kier molecular flexibility index (Phi) is 4.57. The quantitative estimate of drug-likeness (QED) is 0.819. The van der Waals surface area contributed by atoms with Gasteiger partial charge in [0.05, 0.1) is 7.11 Å². The Hall–Kier alpha value is -1.55. The molecule has 1 aliphatic carbocycles. The van der Waals surface area contributed by atoms with Gasteiger partial charge in [0, 0.05) is 0 Å². The van der Waals surface area contributed by atoms with Crippen LogP contribution in [0.5, 0.6) is 5.75 Å². The molecule has 1 unspecified atom stereocenters. The molecular weight excluding hydrogens is 266 g/mol. The molecule has 116 valence electrons. The molecule has 4 nitrogen and oxygen atoms in total. The molecule has 0 spiro atoms. The fraction of sp³-hybridized carbons (Fsp3) is 0.588. The number of esters is 1. The number of hydrogen-bond acceptors (Lipinski definition) is 4. The largest absolute Gasteiger partial charge is 0.491 e. The molecular formula is C17H25NO3. The highest BCUT2D eigenvalue weighted by molar-refractivity contribution is 5.81. The third-order valence-electron chi connectivity index (χ3n) is 4.22. The molecule has 0 aliphatic heterocycles. The predicted octanol–water partition coefficient (Wildman–Crippen LogP) is 2.78. The summed E-state index contributed by atoms with van der Waals surface area (Å²) in [6.07, 6.45) is 1.92. The zero-order valence-electron chi connectivity index (χ0n) is 13.3. The molecule has 1 aliphatic rings. The Labute approximate surface area is 126 Å². The molecule has 2 rings (SSSR count). The van der Waals surface area contributed by atoms with Crippen molar-refractivity contribution in [3.63, 3.8) is 0 Å². The van der Waals surface area contributed by atoms with E-state index in [0.717, 1.165) is 24.2 Å². The summed E-state index contributed by atoms with van der Waals surface area (Å²) < 4.78 is 10.7. The molecule has 0 heterocycles. The molecule has 2 N–H and O–H groups in total. The molecule has 0 amide bonds. The van der Waals surface area contributed by atoms with Crippen LogP contribution in [0.25, 0.3) is 0 Å². The first-order valence-electron chi connectivity index (χ1n) is 7.49. The molecule has 21 heavy (non-hydrogen) atoms. The van der Waals surface area contributed by atoms with Gasteiger partial charge >= 0.3 is 5.97 Å². The highest BCUT2D eigenvalue weighted by Gasteiger charge is 2.49. The van der Waals surface area contributed by atoms with Crippen LogP contribution in [-0.4, -0.2) is 25.2 Å². The van der Waals surface area contributed by atoms with Crippen LogP contribution in [0.4, 0.5) is 0 Å². The topological polar surface area (TPSA) is 61.5 Å². The smallest absolute Gasteiger partial charge is 0.329 e. The van der Waals surface area contributed by atoms with Gasteiger partial charge in [0.1, 0.15) is 12.4 Å². The van der Waals surface area contributed by atoms with Gasteiger partial charge in [0.15, 0.2) is 5.54 Å². The number of carbonyl (C=O) groups excluding carboxylic acids is 1. The number of methoxy groups -OCH3 is 1. The summed E-state index contributed by atoms with van der Waals surface area (Å²) in [7, 11) is 1.37. The minimum absolute atomic E-state index is 0.159. The lowest BCUT2D eigenvalue weighted by Gasteiger charge is -2.27. The highest BCUT2D eigenvalue weighted by atomic mass is 16.5. The Morgan fingerprint density at radius 1 is 1.43 bits per heavy atom. The zero-order valence-corrected chi connectivity index (χ0v) is 13.3. The van der Waals surface area contributed by atoms with Gasteiger partial charge in [0.2, 0.25) is 0 Å². The van der Waals surface area contributed by atoms with Crippen molar-refractivity contribution in [1.29, 1.82) is 0 Å². The van der Waals surface area contributed by atoms with Crippen molar-refractivity contribution in [3.05, 3.63) is 29.3 Å². The van der Waals surface area contributed by atoms with Gasteiger partial charge in [-0.2, -0.15) is 0 Å². The van der Waals surface area contributed by atoms with Crippen LogP contribution < -0.4 is 10.5 Å². The minimum Gasteiger partial charge on any atom is -0.491 e. The van der Waals surface area contributed by atoms with E-state index in [2.05, 4.69) is 19.9 Å². The van der Waals surface area contributed by atoms with Crippen LogP contribution in [0.1, 0.15) is 43.7 Å². The van der Waals surface area contributed by atoms with Crippen LogP contribution >= 0.6 is 0 Å². The first-order chi connectivity index (χ1) is 9.88. The van der Waals surface area contributed by atoms with E-state index in [-0.39, 0.29) is 18.5 Å². The number of benzene rings is 1. The summed E-state index contributed by atoms with van der Waals surface area (Å²) in [5, 5.41) is 0. The average Bonchev–Trinajstić information content (AvgIpc) is 3.29. The number of aryl methyl sites for hydroxylation is 1. The molecule has 1 aromatic carbocycles. The van der Waals surface area contributed by atoms with Gasteiger partial charge in [-0.05, 0) is 48.8 Å². The van der Waals surface area contributed by atoms with Gasteiger partial charge < -0.3 is 15.2 Å². The van der Waals surface area contributed by atoms with E-state index < -0.39 is 5.54 Å². The third kappa shape index (κ3) is 3.38. The summed E-state index contributed by atoms with van der Waals surface area (Å²) in [4.78, 5) is 12.0. The van der Waals surface area contributed by atoms with Crippen molar-refractivity contribution < 1.29 is 14.3 Å². The average molecular weight is 291 g/mol. The number of rotatable bonds is 6. The van der Waals surface area contributed by atoms with E-state index in [0.29, 0.717) is 5.92 Å². The SMILES string of the molecule is COC(=O)C(N)(COc1cc(C(C)C)ccc1C)C1CC1. The highest BCUT2D eigenvalue weighted by Crippen LogP contribution is 2.39. The van der Waals surface area contributed by atoms with Crippen LogP contribution in [0.15, 0.2) is 18.2 Å². The Balaban J connectivity index is 2.14. The second kappa shape index (κ2) is 6.06. The minimum atomic E-state index is -1.03. The van der Waals surface area contributed by atoms with Crippen LogP contribution in [0.3, 0.4) is 0 Å². The molecule has 1 saturated carbocycles. The summed E-state index contributed by atoms with van der Waals surface area (Å²) in [5.41, 5.74) is 7.48. The van der Waals surface area contributed by atoms with Crippen molar-refractivity contribution in [2.45, 2.75) is 45.1 Å². The van der Waals surface area contributed by atoms with Crippen molar-refractivity contribution >= 4 is 5.97 Å².